The Morgan fingerprint density at radius 2 is 2.37 bits per heavy atom. The molecule has 1 aliphatic rings. The standard InChI is InChI=1S/C12H21N3O2S2/c16-19(17,10-5-11-3-1-2-6-13-11)15-7-4-12-14-8-9-18-12/h8-9,11,13,15H,1-7,10H2. The summed E-state index contributed by atoms with van der Waals surface area (Å²) in [4.78, 5) is 4.13. The van der Waals surface area contributed by atoms with Crippen molar-refractivity contribution in [2.75, 3.05) is 18.8 Å². The van der Waals surface area contributed by atoms with Crippen LogP contribution in [-0.2, 0) is 16.4 Å². The zero-order valence-electron chi connectivity index (χ0n) is 11.0. The highest BCUT2D eigenvalue weighted by Crippen LogP contribution is 2.10. The van der Waals surface area contributed by atoms with E-state index in [1.165, 1.54) is 12.8 Å². The number of hydrogen-bond donors (Lipinski definition) is 2. The van der Waals surface area contributed by atoms with Gasteiger partial charge in [0.15, 0.2) is 0 Å². The van der Waals surface area contributed by atoms with Gasteiger partial charge >= 0.3 is 0 Å². The summed E-state index contributed by atoms with van der Waals surface area (Å²) in [6, 6.07) is 0.365. The maximum absolute atomic E-state index is 11.8. The Morgan fingerprint density at radius 3 is 3.05 bits per heavy atom. The quantitative estimate of drug-likeness (QED) is 0.792. The Morgan fingerprint density at radius 1 is 1.47 bits per heavy atom. The van der Waals surface area contributed by atoms with Crippen LogP contribution in [0.3, 0.4) is 0 Å². The van der Waals surface area contributed by atoms with Crippen molar-refractivity contribution in [1.82, 2.24) is 15.0 Å². The molecule has 2 rings (SSSR count). The van der Waals surface area contributed by atoms with Gasteiger partial charge in [-0.25, -0.2) is 18.1 Å². The van der Waals surface area contributed by atoms with Crippen LogP contribution in [0.1, 0.15) is 30.7 Å². The highest BCUT2D eigenvalue weighted by Gasteiger charge is 2.17. The second kappa shape index (κ2) is 7.33. The predicted molar refractivity (Wildman–Crippen MR) is 77.9 cm³/mol. The van der Waals surface area contributed by atoms with Gasteiger partial charge in [0.2, 0.25) is 10.0 Å². The van der Waals surface area contributed by atoms with Crippen molar-refractivity contribution in [3.8, 4) is 0 Å². The predicted octanol–water partition coefficient (Wildman–Crippen LogP) is 1.14. The number of aromatic nitrogens is 1. The van der Waals surface area contributed by atoms with Crippen molar-refractivity contribution in [3.05, 3.63) is 16.6 Å². The first-order valence-corrected chi connectivity index (χ1v) is 9.28. The van der Waals surface area contributed by atoms with Crippen LogP contribution in [0.25, 0.3) is 0 Å². The Labute approximate surface area is 118 Å². The lowest BCUT2D eigenvalue weighted by atomic mass is 10.0. The molecule has 0 spiro atoms. The van der Waals surface area contributed by atoms with Gasteiger partial charge in [-0.15, -0.1) is 11.3 Å². The monoisotopic (exact) mass is 303 g/mol. The highest BCUT2D eigenvalue weighted by molar-refractivity contribution is 7.89. The Kier molecular flexibility index (Phi) is 5.75. The Balaban J connectivity index is 1.66. The Bertz CT molecular complexity index is 453. The number of nitrogens with zero attached hydrogens (tertiary/aromatic N) is 1. The minimum atomic E-state index is -3.15. The average molecular weight is 303 g/mol. The largest absolute Gasteiger partial charge is 0.314 e. The van der Waals surface area contributed by atoms with Gasteiger partial charge in [-0.3, -0.25) is 0 Å². The lowest BCUT2D eigenvalue weighted by Crippen LogP contribution is -2.37. The van der Waals surface area contributed by atoms with Crippen molar-refractivity contribution in [2.24, 2.45) is 0 Å². The first-order chi connectivity index (χ1) is 9.16. The number of piperidine rings is 1. The van der Waals surface area contributed by atoms with Gasteiger partial charge < -0.3 is 5.32 Å². The summed E-state index contributed by atoms with van der Waals surface area (Å²) < 4.78 is 26.3. The van der Waals surface area contributed by atoms with Crippen LogP contribution in [0.15, 0.2) is 11.6 Å². The number of rotatable bonds is 7. The Hall–Kier alpha value is -0.500. The third kappa shape index (κ3) is 5.56. The number of thiazole rings is 1. The normalized spacial score (nSPS) is 20.5. The van der Waals surface area contributed by atoms with Crippen molar-refractivity contribution >= 4 is 21.4 Å². The van der Waals surface area contributed by atoms with Crippen molar-refractivity contribution in [1.29, 1.82) is 0 Å². The molecule has 2 heterocycles. The van der Waals surface area contributed by atoms with Crippen LogP contribution in [0.2, 0.25) is 0 Å². The van der Waals surface area contributed by atoms with Gasteiger partial charge in [0.25, 0.3) is 0 Å². The van der Waals surface area contributed by atoms with Crippen LogP contribution in [0.5, 0.6) is 0 Å². The van der Waals surface area contributed by atoms with Gasteiger partial charge in [-0.05, 0) is 25.8 Å². The molecule has 108 valence electrons. The van der Waals surface area contributed by atoms with Crippen LogP contribution in [-0.4, -0.2) is 38.3 Å². The zero-order valence-corrected chi connectivity index (χ0v) is 12.6. The summed E-state index contributed by atoms with van der Waals surface area (Å²) in [5.41, 5.74) is 0. The zero-order chi connectivity index (χ0) is 13.6. The molecule has 1 saturated heterocycles. The van der Waals surface area contributed by atoms with E-state index in [-0.39, 0.29) is 5.75 Å². The maximum Gasteiger partial charge on any atom is 0.211 e. The molecule has 1 atom stereocenters. The third-order valence-corrected chi connectivity index (χ3v) is 5.55. The smallest absolute Gasteiger partial charge is 0.211 e. The van der Waals surface area contributed by atoms with E-state index in [2.05, 4.69) is 15.0 Å². The average Bonchev–Trinajstić information content (AvgIpc) is 2.91. The minimum absolute atomic E-state index is 0.211. The fourth-order valence-corrected chi connectivity index (χ4v) is 4.00. The van der Waals surface area contributed by atoms with Crippen molar-refractivity contribution in [3.63, 3.8) is 0 Å². The van der Waals surface area contributed by atoms with Gasteiger partial charge in [0.05, 0.1) is 10.8 Å². The first kappa shape index (κ1) is 14.9. The fraction of sp³-hybridized carbons (Fsp3) is 0.750. The van der Waals surface area contributed by atoms with Crippen LogP contribution < -0.4 is 10.0 Å². The molecule has 0 bridgehead atoms. The number of nitrogens with one attached hydrogen (secondary N) is 2. The molecule has 2 N–H and O–H groups in total. The molecule has 1 unspecified atom stereocenters. The molecule has 1 aliphatic heterocycles. The topological polar surface area (TPSA) is 71.1 Å². The summed E-state index contributed by atoms with van der Waals surface area (Å²) in [5, 5.41) is 6.24. The highest BCUT2D eigenvalue weighted by atomic mass is 32.2. The van der Waals surface area contributed by atoms with E-state index < -0.39 is 10.0 Å². The van der Waals surface area contributed by atoms with Crippen molar-refractivity contribution in [2.45, 2.75) is 38.1 Å². The molecule has 0 amide bonds. The van der Waals surface area contributed by atoms with Crippen LogP contribution in [0.4, 0.5) is 0 Å². The third-order valence-electron chi connectivity index (χ3n) is 3.29. The van der Waals surface area contributed by atoms with Crippen LogP contribution in [0, 0.1) is 0 Å². The molecule has 0 radical (unpaired) electrons. The van der Waals surface area contributed by atoms with E-state index in [9.17, 15) is 8.42 Å². The van der Waals surface area contributed by atoms with Gasteiger partial charge in [0.1, 0.15) is 0 Å². The second-order valence-electron chi connectivity index (χ2n) is 4.82. The van der Waals surface area contributed by atoms with Gasteiger partial charge in [-0.2, -0.15) is 0 Å². The van der Waals surface area contributed by atoms with E-state index in [4.69, 9.17) is 0 Å². The maximum atomic E-state index is 11.8. The molecule has 0 aromatic carbocycles. The van der Waals surface area contributed by atoms with Crippen molar-refractivity contribution < 1.29 is 8.42 Å². The molecule has 1 aromatic rings. The van der Waals surface area contributed by atoms with E-state index in [0.717, 1.165) is 18.0 Å². The molecule has 0 aliphatic carbocycles. The molecular weight excluding hydrogens is 282 g/mol. The molecule has 5 nitrogen and oxygen atoms in total. The number of hydrogen-bond acceptors (Lipinski definition) is 5. The molecule has 1 aromatic heterocycles. The fourth-order valence-electron chi connectivity index (χ4n) is 2.23. The molecule has 1 fully saturated rings. The van der Waals surface area contributed by atoms with Crippen LogP contribution >= 0.6 is 11.3 Å². The summed E-state index contributed by atoms with van der Waals surface area (Å²) >= 11 is 1.55. The van der Waals surface area contributed by atoms with Gasteiger partial charge in [-0.1, -0.05) is 6.42 Å². The van der Waals surface area contributed by atoms with Gasteiger partial charge in [0, 0.05) is 30.6 Å². The lowest BCUT2D eigenvalue weighted by Gasteiger charge is -2.23. The molecule has 0 saturated carbocycles. The first-order valence-electron chi connectivity index (χ1n) is 6.75. The van der Waals surface area contributed by atoms with E-state index in [0.29, 0.717) is 25.4 Å². The minimum Gasteiger partial charge on any atom is -0.314 e. The van der Waals surface area contributed by atoms with E-state index >= 15 is 0 Å². The second-order valence-corrected chi connectivity index (χ2v) is 7.73. The summed E-state index contributed by atoms with van der Waals surface area (Å²) in [7, 11) is -3.15. The lowest BCUT2D eigenvalue weighted by molar-refractivity contribution is 0.392. The molecule has 7 heteroatoms. The molecule has 19 heavy (non-hydrogen) atoms. The summed E-state index contributed by atoms with van der Waals surface area (Å²) in [6.07, 6.45) is 6.60. The number of sulfonamides is 1. The summed E-state index contributed by atoms with van der Waals surface area (Å²) in [5.74, 6) is 0.211. The molecular formula is C12H21N3O2S2. The van der Waals surface area contributed by atoms with E-state index in [1.54, 1.807) is 17.5 Å². The summed E-state index contributed by atoms with van der Waals surface area (Å²) in [6.45, 7) is 1.45. The van der Waals surface area contributed by atoms with E-state index in [1.807, 2.05) is 5.38 Å². The SMILES string of the molecule is O=S(=O)(CCC1CCCCN1)NCCc1nccs1.